The molecule has 0 saturated heterocycles. The molecule has 6 heteroatoms. The highest BCUT2D eigenvalue weighted by Gasteiger charge is 2.36. The third-order valence-electron chi connectivity index (χ3n) is 4.58. The van der Waals surface area contributed by atoms with Crippen LogP contribution in [0.1, 0.15) is 50.2 Å². The van der Waals surface area contributed by atoms with Gasteiger partial charge in [-0.2, -0.15) is 13.2 Å². The molecule has 0 aromatic heterocycles. The molecule has 0 amide bonds. The van der Waals surface area contributed by atoms with E-state index in [1.165, 1.54) is 6.07 Å². The molecule has 0 radical (unpaired) electrons. The molecule has 0 heterocycles. The van der Waals surface area contributed by atoms with Gasteiger partial charge in [0.1, 0.15) is 0 Å². The molecule has 2 rings (SSSR count). The Morgan fingerprint density at radius 2 is 1.83 bits per heavy atom. The minimum atomic E-state index is -4.38. The largest absolute Gasteiger partial charge is 0.416 e. The molecule has 0 bridgehead atoms. The quantitative estimate of drug-likeness (QED) is 0.715. The topological polar surface area (TPSA) is 12.5 Å². The second kappa shape index (κ2) is 7.63. The Morgan fingerprint density at radius 3 is 2.38 bits per heavy atom. The normalized spacial score (nSPS) is 25.5. The Kier molecular flexibility index (Phi) is 6.21. The first-order chi connectivity index (χ1) is 11.1. The molecule has 1 aromatic carbocycles. The fourth-order valence-corrected chi connectivity index (χ4v) is 3.73. The van der Waals surface area contributed by atoms with Gasteiger partial charge in [-0.15, -0.1) is 0 Å². The number of likely N-dealkylation sites (N-methyl/N-ethyl adjacent to an activating group) is 1. The smallest absolute Gasteiger partial charge is 0.374 e. The molecule has 24 heavy (non-hydrogen) atoms. The lowest BCUT2D eigenvalue weighted by Crippen LogP contribution is -2.45. The Hall–Kier alpha value is -0.780. The molecule has 1 aliphatic carbocycles. The second-order valence-electron chi connectivity index (χ2n) is 7.04. The number of nitrogens with zero attached hydrogens (tertiary/aromatic N) is 1. The van der Waals surface area contributed by atoms with Gasteiger partial charge >= 0.3 is 6.18 Å². The number of ether oxygens (including phenoxy) is 1. The summed E-state index contributed by atoms with van der Waals surface area (Å²) >= 11 is 5.94. The fraction of sp³-hybridized carbons (Fsp3) is 0.667. The predicted octanol–water partition coefficient (Wildman–Crippen LogP) is 5.35. The van der Waals surface area contributed by atoms with Crippen LogP contribution >= 0.6 is 11.6 Å². The van der Waals surface area contributed by atoms with Crippen molar-refractivity contribution in [3.8, 4) is 0 Å². The summed E-state index contributed by atoms with van der Waals surface area (Å²) in [6, 6.07) is 4.08. The van der Waals surface area contributed by atoms with Crippen LogP contribution in [0.25, 0.3) is 0 Å². The number of hydrogen-bond donors (Lipinski definition) is 0. The Morgan fingerprint density at radius 1 is 1.17 bits per heavy atom. The highest BCUT2D eigenvalue weighted by molar-refractivity contribution is 6.30. The third-order valence-corrected chi connectivity index (χ3v) is 4.80. The van der Waals surface area contributed by atoms with Crippen molar-refractivity contribution in [2.45, 2.75) is 63.5 Å². The molecule has 3 atom stereocenters. The Bertz CT molecular complexity index is 560. The lowest BCUT2D eigenvalue weighted by molar-refractivity contribution is -0.137. The maximum Gasteiger partial charge on any atom is 0.416 e. The molecule has 2 nitrogen and oxygen atoms in total. The number of halogens is 4. The van der Waals surface area contributed by atoms with Crippen molar-refractivity contribution in [1.82, 2.24) is 4.90 Å². The van der Waals surface area contributed by atoms with Crippen molar-refractivity contribution in [2.24, 2.45) is 0 Å². The zero-order chi connectivity index (χ0) is 18.1. The summed E-state index contributed by atoms with van der Waals surface area (Å²) in [5, 5.41) is 0.141. The average molecular weight is 364 g/mol. The zero-order valence-electron chi connectivity index (χ0n) is 14.5. The number of rotatable bonds is 4. The number of hydrogen-bond acceptors (Lipinski definition) is 2. The van der Waals surface area contributed by atoms with E-state index in [0.29, 0.717) is 5.56 Å². The van der Waals surface area contributed by atoms with Crippen LogP contribution in [0.5, 0.6) is 0 Å². The van der Waals surface area contributed by atoms with Crippen molar-refractivity contribution >= 4 is 11.6 Å². The van der Waals surface area contributed by atoms with Crippen LogP contribution in [0.2, 0.25) is 5.02 Å². The van der Waals surface area contributed by atoms with E-state index < -0.39 is 11.7 Å². The van der Waals surface area contributed by atoms with Gasteiger partial charge in [0.25, 0.3) is 0 Å². The van der Waals surface area contributed by atoms with Crippen molar-refractivity contribution in [1.29, 1.82) is 0 Å². The molecule has 136 valence electrons. The van der Waals surface area contributed by atoms with Crippen LogP contribution in [0.15, 0.2) is 18.2 Å². The van der Waals surface area contributed by atoms with E-state index in [9.17, 15) is 13.2 Å². The van der Waals surface area contributed by atoms with Crippen LogP contribution < -0.4 is 0 Å². The van der Waals surface area contributed by atoms with Gasteiger partial charge in [0.15, 0.2) is 0 Å². The minimum absolute atomic E-state index is 0.0595. The van der Waals surface area contributed by atoms with Crippen molar-refractivity contribution in [3.05, 3.63) is 34.3 Å². The van der Waals surface area contributed by atoms with E-state index in [4.69, 9.17) is 16.3 Å². The third kappa shape index (κ3) is 4.87. The van der Waals surface area contributed by atoms with Crippen molar-refractivity contribution in [3.63, 3.8) is 0 Å². The van der Waals surface area contributed by atoms with Gasteiger partial charge in [0, 0.05) is 11.1 Å². The first-order valence-corrected chi connectivity index (χ1v) is 8.65. The summed E-state index contributed by atoms with van der Waals surface area (Å²) in [5.74, 6) is 0.0595. The number of benzene rings is 1. The molecule has 0 N–H and O–H groups in total. The highest BCUT2D eigenvalue weighted by atomic mass is 35.5. The standard InChI is InChI=1S/C18H25ClF3NO/c1-11(2)24-17-6-5-12(9-16(17)23(3)4)13-7-14(18(20,21)22)10-15(19)8-13/h7-8,10-12,16-17H,5-6,9H2,1-4H3/t12-,16-,17-/m0/s1. The molecule has 0 unspecified atom stereocenters. The summed E-state index contributed by atoms with van der Waals surface area (Å²) in [6.07, 6.45) is -1.73. The lowest BCUT2D eigenvalue weighted by Gasteiger charge is -2.40. The summed E-state index contributed by atoms with van der Waals surface area (Å²) in [4.78, 5) is 2.11. The monoisotopic (exact) mass is 363 g/mol. The second-order valence-corrected chi connectivity index (χ2v) is 7.47. The van der Waals surface area contributed by atoms with E-state index >= 15 is 0 Å². The van der Waals surface area contributed by atoms with E-state index in [1.807, 2.05) is 27.9 Å². The SMILES string of the molecule is CC(C)O[C@H]1CC[C@H](c2cc(Cl)cc(C(F)(F)F)c2)C[C@@H]1N(C)C. The van der Waals surface area contributed by atoms with Crippen molar-refractivity contribution < 1.29 is 17.9 Å². The Balaban J connectivity index is 2.23. The van der Waals surface area contributed by atoms with Crippen LogP contribution in [0.3, 0.4) is 0 Å². The van der Waals surface area contributed by atoms with Crippen molar-refractivity contribution in [2.75, 3.05) is 14.1 Å². The van der Waals surface area contributed by atoms with E-state index in [2.05, 4.69) is 4.90 Å². The van der Waals surface area contributed by atoms with Crippen LogP contribution in [0.4, 0.5) is 13.2 Å². The van der Waals surface area contributed by atoms with Gasteiger partial charge < -0.3 is 9.64 Å². The lowest BCUT2D eigenvalue weighted by atomic mass is 9.79. The van der Waals surface area contributed by atoms with Gasteiger partial charge in [-0.3, -0.25) is 0 Å². The van der Waals surface area contributed by atoms with E-state index in [0.717, 1.165) is 25.3 Å². The molecule has 1 fully saturated rings. The maximum atomic E-state index is 13.0. The minimum Gasteiger partial charge on any atom is -0.374 e. The summed E-state index contributed by atoms with van der Waals surface area (Å²) < 4.78 is 45.1. The van der Waals surface area contributed by atoms with E-state index in [-0.39, 0.29) is 29.2 Å². The zero-order valence-corrected chi connectivity index (χ0v) is 15.3. The van der Waals surface area contributed by atoms with Crippen LogP contribution in [0, 0.1) is 0 Å². The summed E-state index contributed by atoms with van der Waals surface area (Å²) in [6.45, 7) is 4.01. The molecular weight excluding hydrogens is 339 g/mol. The Labute approximate surface area is 146 Å². The van der Waals surface area contributed by atoms with Gasteiger partial charge in [-0.05, 0) is 76.9 Å². The predicted molar refractivity (Wildman–Crippen MR) is 90.5 cm³/mol. The maximum absolute atomic E-state index is 13.0. The molecule has 1 saturated carbocycles. The van der Waals surface area contributed by atoms with Gasteiger partial charge in [-0.1, -0.05) is 11.6 Å². The highest BCUT2D eigenvalue weighted by Crippen LogP contribution is 2.40. The first kappa shape index (κ1) is 19.5. The molecule has 0 spiro atoms. The summed E-state index contributed by atoms with van der Waals surface area (Å²) in [7, 11) is 3.98. The molecule has 0 aliphatic heterocycles. The first-order valence-electron chi connectivity index (χ1n) is 8.27. The molecule has 1 aliphatic rings. The fourth-order valence-electron chi connectivity index (χ4n) is 3.49. The number of alkyl halides is 3. The van der Waals surface area contributed by atoms with Crippen LogP contribution in [-0.4, -0.2) is 37.2 Å². The van der Waals surface area contributed by atoms with Crippen LogP contribution in [-0.2, 0) is 10.9 Å². The van der Waals surface area contributed by atoms with Gasteiger partial charge in [-0.25, -0.2) is 0 Å². The van der Waals surface area contributed by atoms with Gasteiger partial charge in [0.2, 0.25) is 0 Å². The summed E-state index contributed by atoms with van der Waals surface area (Å²) in [5.41, 5.74) is -0.00312. The average Bonchev–Trinajstić information content (AvgIpc) is 2.45. The molecular formula is C18H25ClF3NO. The molecule has 1 aromatic rings. The van der Waals surface area contributed by atoms with E-state index in [1.54, 1.807) is 6.07 Å². The van der Waals surface area contributed by atoms with Gasteiger partial charge in [0.05, 0.1) is 17.8 Å².